The molecule has 1 aliphatic rings. The average Bonchev–Trinajstić information content (AvgIpc) is 2.92. The van der Waals surface area contributed by atoms with Crippen LogP contribution in [0.25, 0.3) is 6.08 Å². The van der Waals surface area contributed by atoms with Crippen LogP contribution >= 0.6 is 0 Å². The van der Waals surface area contributed by atoms with Gasteiger partial charge in [0.2, 0.25) is 5.91 Å². The Bertz CT molecular complexity index is 422. The lowest BCUT2D eigenvalue weighted by atomic mass is 10.4. The highest BCUT2D eigenvalue weighted by Crippen LogP contribution is 1.93. The molecule has 1 aliphatic heterocycles. The summed E-state index contributed by atoms with van der Waals surface area (Å²) in [6.45, 7) is 8.94. The molecule has 1 fully saturated rings. The number of nitrogens with zero attached hydrogens (tertiary/aromatic N) is 1. The fraction of sp³-hybridized carbons (Fsp3) is 0.267. The number of hydrogen-bond donors (Lipinski definition) is 1. The second-order valence-electron chi connectivity index (χ2n) is 3.69. The van der Waals surface area contributed by atoms with Crippen molar-refractivity contribution in [3.63, 3.8) is 0 Å². The Morgan fingerprint density at radius 1 is 1.45 bits per heavy atom. The van der Waals surface area contributed by atoms with Crippen LogP contribution in [0.2, 0.25) is 0 Å². The van der Waals surface area contributed by atoms with Crippen molar-refractivity contribution in [3.8, 4) is 0 Å². The lowest BCUT2D eigenvalue weighted by Crippen LogP contribution is -2.12. The SMILES string of the molecule is C=COC(C)=O.C=Cc1ccccn1.O=C1CCCN1. The van der Waals surface area contributed by atoms with Gasteiger partial charge in [-0.05, 0) is 24.6 Å². The van der Waals surface area contributed by atoms with Gasteiger partial charge in [0, 0.05) is 26.1 Å². The third-order valence-corrected chi connectivity index (χ3v) is 2.05. The van der Waals surface area contributed by atoms with E-state index in [1.807, 2.05) is 18.2 Å². The van der Waals surface area contributed by atoms with Gasteiger partial charge in [0.25, 0.3) is 0 Å². The zero-order chi connectivity index (χ0) is 15.2. The zero-order valence-electron chi connectivity index (χ0n) is 11.7. The van der Waals surface area contributed by atoms with Gasteiger partial charge in [-0.25, -0.2) is 0 Å². The summed E-state index contributed by atoms with van der Waals surface area (Å²) >= 11 is 0. The molecule has 2 rings (SSSR count). The molecule has 0 aliphatic carbocycles. The Kier molecular flexibility index (Phi) is 10.2. The summed E-state index contributed by atoms with van der Waals surface area (Å²) in [5, 5.41) is 2.68. The molecule has 0 radical (unpaired) electrons. The zero-order valence-corrected chi connectivity index (χ0v) is 11.7. The maximum absolute atomic E-state index is 10.1. The molecule has 1 saturated heterocycles. The molecule has 5 nitrogen and oxygen atoms in total. The number of hydrogen-bond acceptors (Lipinski definition) is 4. The van der Waals surface area contributed by atoms with Crippen LogP contribution in [0.1, 0.15) is 25.5 Å². The number of aromatic nitrogens is 1. The average molecular weight is 276 g/mol. The van der Waals surface area contributed by atoms with E-state index < -0.39 is 0 Å². The summed E-state index contributed by atoms with van der Waals surface area (Å²) in [6, 6.07) is 5.73. The largest absolute Gasteiger partial charge is 0.435 e. The molecule has 108 valence electrons. The summed E-state index contributed by atoms with van der Waals surface area (Å²) in [6.07, 6.45) is 6.33. The molecule has 0 saturated carbocycles. The number of ether oxygens (including phenoxy) is 1. The Balaban J connectivity index is 0.000000276. The summed E-state index contributed by atoms with van der Waals surface area (Å²) in [5.41, 5.74) is 0.924. The highest BCUT2D eigenvalue weighted by Gasteiger charge is 2.05. The van der Waals surface area contributed by atoms with E-state index >= 15 is 0 Å². The van der Waals surface area contributed by atoms with Crippen LogP contribution in [0.15, 0.2) is 43.8 Å². The van der Waals surface area contributed by atoms with Crippen LogP contribution in [-0.2, 0) is 14.3 Å². The molecule has 0 unspecified atom stereocenters. The van der Waals surface area contributed by atoms with Crippen molar-refractivity contribution in [1.29, 1.82) is 0 Å². The molecule has 0 bridgehead atoms. The molecule has 0 aromatic carbocycles. The van der Waals surface area contributed by atoms with Crippen LogP contribution in [-0.4, -0.2) is 23.4 Å². The summed E-state index contributed by atoms with van der Waals surface area (Å²) in [4.78, 5) is 23.9. The molecule has 20 heavy (non-hydrogen) atoms. The predicted molar refractivity (Wildman–Crippen MR) is 78.5 cm³/mol. The fourth-order valence-corrected chi connectivity index (χ4v) is 1.18. The predicted octanol–water partition coefficient (Wildman–Crippen LogP) is 2.31. The van der Waals surface area contributed by atoms with Gasteiger partial charge in [0.1, 0.15) is 0 Å². The Morgan fingerprint density at radius 2 is 2.20 bits per heavy atom. The van der Waals surface area contributed by atoms with E-state index in [9.17, 15) is 9.59 Å². The summed E-state index contributed by atoms with van der Waals surface area (Å²) < 4.78 is 4.17. The van der Waals surface area contributed by atoms with E-state index in [0.29, 0.717) is 0 Å². The fourth-order valence-electron chi connectivity index (χ4n) is 1.18. The second-order valence-corrected chi connectivity index (χ2v) is 3.69. The summed E-state index contributed by atoms with van der Waals surface area (Å²) in [5.74, 6) is -0.125. The molecule has 0 atom stereocenters. The highest BCUT2D eigenvalue weighted by atomic mass is 16.5. The van der Waals surface area contributed by atoms with Crippen LogP contribution in [0, 0.1) is 0 Å². The van der Waals surface area contributed by atoms with Gasteiger partial charge in [0.15, 0.2) is 0 Å². The van der Waals surface area contributed by atoms with Crippen molar-refractivity contribution >= 4 is 18.0 Å². The van der Waals surface area contributed by atoms with Crippen molar-refractivity contribution in [1.82, 2.24) is 10.3 Å². The van der Waals surface area contributed by atoms with E-state index in [-0.39, 0.29) is 11.9 Å². The lowest BCUT2D eigenvalue weighted by molar-refractivity contribution is -0.135. The first-order valence-electron chi connectivity index (χ1n) is 6.18. The molecular formula is C15H20N2O3. The second kappa shape index (κ2) is 11.6. The molecule has 2 heterocycles. The minimum atomic E-state index is -0.329. The van der Waals surface area contributed by atoms with Crippen LogP contribution < -0.4 is 5.32 Å². The number of amides is 1. The topological polar surface area (TPSA) is 68.3 Å². The first-order valence-corrected chi connectivity index (χ1v) is 6.18. The minimum absolute atomic E-state index is 0.204. The van der Waals surface area contributed by atoms with Gasteiger partial charge in [-0.15, -0.1) is 0 Å². The lowest BCUT2D eigenvalue weighted by Gasteiger charge is -1.84. The number of esters is 1. The number of nitrogens with one attached hydrogen (secondary N) is 1. The molecular weight excluding hydrogens is 256 g/mol. The monoisotopic (exact) mass is 276 g/mol. The molecule has 1 amide bonds. The number of carbonyl (C=O) groups excluding carboxylic acids is 2. The van der Waals surface area contributed by atoms with Crippen LogP contribution in [0.4, 0.5) is 0 Å². The summed E-state index contributed by atoms with van der Waals surface area (Å²) in [7, 11) is 0. The van der Waals surface area contributed by atoms with Crippen molar-refractivity contribution < 1.29 is 14.3 Å². The normalized spacial score (nSPS) is 11.8. The Labute approximate surface area is 119 Å². The standard InChI is InChI=1S/C7H7N.C4H7NO.C4H6O2/c1-2-7-5-3-4-6-8-7;6-4-2-1-3-5-4;1-3-6-4(2)5/h2-6H,1H2;1-3H2,(H,5,6);3H,1H2,2H3. The van der Waals surface area contributed by atoms with Gasteiger partial charge in [-0.3, -0.25) is 14.6 Å². The molecule has 5 heteroatoms. The third kappa shape index (κ3) is 10.7. The van der Waals surface area contributed by atoms with E-state index in [1.54, 1.807) is 12.3 Å². The van der Waals surface area contributed by atoms with E-state index in [2.05, 4.69) is 28.2 Å². The smallest absolute Gasteiger partial charge is 0.307 e. The first-order chi connectivity index (χ1) is 9.60. The number of pyridine rings is 1. The number of carbonyl (C=O) groups is 2. The van der Waals surface area contributed by atoms with Gasteiger partial charge >= 0.3 is 5.97 Å². The van der Waals surface area contributed by atoms with Gasteiger partial charge in [0.05, 0.1) is 12.0 Å². The quantitative estimate of drug-likeness (QED) is 0.665. The maximum atomic E-state index is 10.1. The van der Waals surface area contributed by atoms with E-state index in [4.69, 9.17) is 0 Å². The van der Waals surface area contributed by atoms with Crippen molar-refractivity contribution in [2.75, 3.05) is 6.54 Å². The third-order valence-electron chi connectivity index (χ3n) is 2.05. The van der Waals surface area contributed by atoms with E-state index in [0.717, 1.165) is 31.3 Å². The molecule has 1 aromatic heterocycles. The molecule has 1 N–H and O–H groups in total. The Hall–Kier alpha value is -2.43. The van der Waals surface area contributed by atoms with Gasteiger partial charge in [-0.1, -0.05) is 19.2 Å². The van der Waals surface area contributed by atoms with Crippen LogP contribution in [0.5, 0.6) is 0 Å². The Morgan fingerprint density at radius 3 is 2.40 bits per heavy atom. The van der Waals surface area contributed by atoms with Crippen molar-refractivity contribution in [2.45, 2.75) is 19.8 Å². The first kappa shape index (κ1) is 17.6. The molecule has 1 aromatic rings. The van der Waals surface area contributed by atoms with Gasteiger partial charge in [-0.2, -0.15) is 0 Å². The van der Waals surface area contributed by atoms with Crippen molar-refractivity contribution in [3.05, 3.63) is 49.5 Å². The molecule has 0 spiro atoms. The minimum Gasteiger partial charge on any atom is -0.435 e. The van der Waals surface area contributed by atoms with Crippen molar-refractivity contribution in [2.24, 2.45) is 0 Å². The highest BCUT2D eigenvalue weighted by molar-refractivity contribution is 5.77. The van der Waals surface area contributed by atoms with Gasteiger partial charge < -0.3 is 10.1 Å². The van der Waals surface area contributed by atoms with E-state index in [1.165, 1.54) is 6.92 Å². The van der Waals surface area contributed by atoms with Crippen LogP contribution in [0.3, 0.4) is 0 Å². The maximum Gasteiger partial charge on any atom is 0.307 e. The number of rotatable bonds is 2.